The van der Waals surface area contributed by atoms with Gasteiger partial charge in [0.25, 0.3) is 5.91 Å². The van der Waals surface area contributed by atoms with Crippen molar-refractivity contribution in [1.82, 2.24) is 4.90 Å². The Bertz CT molecular complexity index is 595. The summed E-state index contributed by atoms with van der Waals surface area (Å²) in [6, 6.07) is 4.95. The second kappa shape index (κ2) is 5.95. The summed E-state index contributed by atoms with van der Waals surface area (Å²) >= 11 is 0. The summed E-state index contributed by atoms with van der Waals surface area (Å²) in [4.78, 5) is 36.0. The number of hydrogen-bond donors (Lipinski definition) is 2. The molecule has 0 bridgehead atoms. The molecule has 6 heteroatoms. The van der Waals surface area contributed by atoms with Crippen molar-refractivity contribution in [3.63, 3.8) is 0 Å². The van der Waals surface area contributed by atoms with Gasteiger partial charge in [-0.1, -0.05) is 13.8 Å². The fourth-order valence-electron chi connectivity index (χ4n) is 2.37. The Kier molecular flexibility index (Phi) is 4.26. The van der Waals surface area contributed by atoms with Crippen LogP contribution in [-0.4, -0.2) is 40.9 Å². The number of nitrogens with one attached hydrogen (secondary N) is 1. The van der Waals surface area contributed by atoms with Gasteiger partial charge in [-0.15, -0.1) is 0 Å². The highest BCUT2D eigenvalue weighted by Gasteiger charge is 2.23. The van der Waals surface area contributed by atoms with Crippen LogP contribution >= 0.6 is 0 Å². The lowest BCUT2D eigenvalue weighted by molar-refractivity contribution is -0.137. The number of fused-ring (bicyclic) bond motifs is 1. The van der Waals surface area contributed by atoms with Crippen molar-refractivity contribution in [2.24, 2.45) is 5.92 Å². The number of aliphatic carboxylic acids is 1. The maximum atomic E-state index is 12.5. The highest BCUT2D eigenvalue weighted by atomic mass is 16.4. The van der Waals surface area contributed by atoms with Crippen molar-refractivity contribution in [2.45, 2.75) is 20.3 Å². The molecule has 0 radical (unpaired) electrons. The van der Waals surface area contributed by atoms with E-state index in [9.17, 15) is 14.4 Å². The van der Waals surface area contributed by atoms with Crippen LogP contribution in [0.25, 0.3) is 0 Å². The van der Waals surface area contributed by atoms with Crippen molar-refractivity contribution in [3.05, 3.63) is 29.3 Å². The molecule has 0 unspecified atom stereocenters. The van der Waals surface area contributed by atoms with Gasteiger partial charge in [0, 0.05) is 17.8 Å². The highest BCUT2D eigenvalue weighted by molar-refractivity contribution is 6.02. The molecule has 0 spiro atoms. The largest absolute Gasteiger partial charge is 0.480 e. The van der Waals surface area contributed by atoms with Crippen molar-refractivity contribution in [1.29, 1.82) is 0 Å². The first kappa shape index (κ1) is 15.0. The third-order valence-corrected chi connectivity index (χ3v) is 3.18. The molecule has 2 rings (SSSR count). The van der Waals surface area contributed by atoms with E-state index in [2.05, 4.69) is 5.32 Å². The lowest BCUT2D eigenvalue weighted by atomic mass is 10.1. The minimum atomic E-state index is -1.04. The van der Waals surface area contributed by atoms with E-state index >= 15 is 0 Å². The van der Waals surface area contributed by atoms with E-state index in [0.717, 1.165) is 5.56 Å². The Labute approximate surface area is 122 Å². The molecule has 0 saturated heterocycles. The van der Waals surface area contributed by atoms with Crippen LogP contribution in [0, 0.1) is 5.92 Å². The summed E-state index contributed by atoms with van der Waals surface area (Å²) in [5, 5.41) is 11.6. The quantitative estimate of drug-likeness (QED) is 0.857. The van der Waals surface area contributed by atoms with Gasteiger partial charge in [0.05, 0.1) is 6.42 Å². The number of amides is 2. The zero-order valence-corrected chi connectivity index (χ0v) is 12.0. The smallest absolute Gasteiger partial charge is 0.323 e. The predicted octanol–water partition coefficient (Wildman–Crippen LogP) is 1.36. The van der Waals surface area contributed by atoms with Crippen molar-refractivity contribution < 1.29 is 19.5 Å². The number of carboxylic acid groups (broad SMARTS) is 1. The molecule has 1 aromatic rings. The molecular weight excluding hydrogens is 272 g/mol. The molecule has 1 heterocycles. The monoisotopic (exact) mass is 290 g/mol. The molecule has 0 aliphatic carbocycles. The zero-order chi connectivity index (χ0) is 15.6. The number of carbonyl (C=O) groups excluding carboxylic acids is 2. The molecule has 2 amide bonds. The Morgan fingerprint density at radius 1 is 1.38 bits per heavy atom. The van der Waals surface area contributed by atoms with E-state index < -0.39 is 5.97 Å². The van der Waals surface area contributed by atoms with Crippen LogP contribution in [0.5, 0.6) is 0 Å². The number of nitrogens with zero attached hydrogens (tertiary/aromatic N) is 1. The number of carboxylic acids is 1. The van der Waals surface area contributed by atoms with Crippen LogP contribution in [0.15, 0.2) is 18.2 Å². The average molecular weight is 290 g/mol. The van der Waals surface area contributed by atoms with Crippen LogP contribution in [0.2, 0.25) is 0 Å². The van der Waals surface area contributed by atoms with Gasteiger partial charge in [0.2, 0.25) is 5.91 Å². The molecule has 1 aromatic carbocycles. The minimum absolute atomic E-state index is 0.0980. The van der Waals surface area contributed by atoms with E-state index in [1.165, 1.54) is 4.90 Å². The molecule has 0 saturated carbocycles. The molecule has 112 valence electrons. The van der Waals surface area contributed by atoms with E-state index in [-0.39, 0.29) is 30.7 Å². The Morgan fingerprint density at radius 3 is 2.71 bits per heavy atom. The fraction of sp³-hybridized carbons (Fsp3) is 0.400. The lowest BCUT2D eigenvalue weighted by Gasteiger charge is -2.23. The maximum absolute atomic E-state index is 12.5. The summed E-state index contributed by atoms with van der Waals surface area (Å²) in [7, 11) is 0. The van der Waals surface area contributed by atoms with Gasteiger partial charge in [0.15, 0.2) is 0 Å². The van der Waals surface area contributed by atoms with Crippen LogP contribution in [0.1, 0.15) is 29.8 Å². The number of anilines is 1. The average Bonchev–Trinajstić information content (AvgIpc) is 2.74. The van der Waals surface area contributed by atoms with Gasteiger partial charge < -0.3 is 15.3 Å². The molecule has 2 N–H and O–H groups in total. The second-order valence-corrected chi connectivity index (χ2v) is 5.57. The number of hydrogen-bond acceptors (Lipinski definition) is 3. The van der Waals surface area contributed by atoms with Gasteiger partial charge in [-0.25, -0.2) is 0 Å². The molecule has 0 fully saturated rings. The molecule has 1 aliphatic rings. The zero-order valence-electron chi connectivity index (χ0n) is 12.0. The van der Waals surface area contributed by atoms with Gasteiger partial charge in [0.1, 0.15) is 6.54 Å². The summed E-state index contributed by atoms with van der Waals surface area (Å²) in [6.07, 6.45) is 0.250. The molecule has 1 aliphatic heterocycles. The summed E-state index contributed by atoms with van der Waals surface area (Å²) in [5.74, 6) is -1.29. The maximum Gasteiger partial charge on any atom is 0.323 e. The van der Waals surface area contributed by atoms with Gasteiger partial charge in [-0.2, -0.15) is 0 Å². The highest BCUT2D eigenvalue weighted by Crippen LogP contribution is 2.24. The first-order valence-corrected chi connectivity index (χ1v) is 6.80. The summed E-state index contributed by atoms with van der Waals surface area (Å²) < 4.78 is 0. The molecular formula is C15H18N2O4. The summed E-state index contributed by atoms with van der Waals surface area (Å²) in [6.45, 7) is 3.89. The van der Waals surface area contributed by atoms with Gasteiger partial charge in [-0.05, 0) is 29.7 Å². The van der Waals surface area contributed by atoms with Gasteiger partial charge >= 0.3 is 5.97 Å². The number of benzene rings is 1. The topological polar surface area (TPSA) is 86.7 Å². The van der Waals surface area contributed by atoms with Crippen LogP contribution in [0.3, 0.4) is 0 Å². The number of carbonyl (C=O) groups is 3. The normalized spacial score (nSPS) is 13.0. The molecule has 0 aromatic heterocycles. The molecule has 6 nitrogen and oxygen atoms in total. The first-order chi connectivity index (χ1) is 9.86. The van der Waals surface area contributed by atoms with Crippen LogP contribution in [-0.2, 0) is 16.0 Å². The third kappa shape index (κ3) is 3.59. The Hall–Kier alpha value is -2.37. The Morgan fingerprint density at radius 2 is 2.10 bits per heavy atom. The predicted molar refractivity (Wildman–Crippen MR) is 77.2 cm³/mol. The van der Waals surface area contributed by atoms with Crippen LogP contribution in [0.4, 0.5) is 5.69 Å². The summed E-state index contributed by atoms with van der Waals surface area (Å²) in [5.41, 5.74) is 1.89. The standard InChI is InChI=1S/C15H18N2O4/c1-9(2)7-17(8-14(19)20)15(21)10-3-4-12-11(5-10)6-13(18)16-12/h3-5,9H,6-8H2,1-2H3,(H,16,18)(H,19,20). The van der Waals surface area contributed by atoms with E-state index in [4.69, 9.17) is 5.11 Å². The van der Waals surface area contributed by atoms with Crippen molar-refractivity contribution in [2.75, 3.05) is 18.4 Å². The lowest BCUT2D eigenvalue weighted by Crippen LogP contribution is -2.38. The van der Waals surface area contributed by atoms with E-state index in [1.54, 1.807) is 18.2 Å². The second-order valence-electron chi connectivity index (χ2n) is 5.57. The van der Waals surface area contributed by atoms with Crippen molar-refractivity contribution in [3.8, 4) is 0 Å². The first-order valence-electron chi connectivity index (χ1n) is 6.80. The fourth-order valence-corrected chi connectivity index (χ4v) is 2.37. The van der Waals surface area contributed by atoms with E-state index in [0.29, 0.717) is 17.8 Å². The van der Waals surface area contributed by atoms with Crippen molar-refractivity contribution >= 4 is 23.5 Å². The molecule has 0 atom stereocenters. The Balaban J connectivity index is 2.22. The third-order valence-electron chi connectivity index (χ3n) is 3.18. The minimum Gasteiger partial charge on any atom is -0.480 e. The van der Waals surface area contributed by atoms with E-state index in [1.807, 2.05) is 13.8 Å². The number of rotatable bonds is 5. The molecule has 21 heavy (non-hydrogen) atoms. The van der Waals surface area contributed by atoms with Crippen LogP contribution < -0.4 is 5.32 Å². The SMILES string of the molecule is CC(C)CN(CC(=O)O)C(=O)c1ccc2c(c1)CC(=O)N2. The van der Waals surface area contributed by atoms with Gasteiger partial charge in [-0.3, -0.25) is 14.4 Å².